The number of nitrogens with zero attached hydrogens (tertiary/aromatic N) is 4. The highest BCUT2D eigenvalue weighted by molar-refractivity contribution is 5.87. The van der Waals surface area contributed by atoms with Gasteiger partial charge < -0.3 is 19.6 Å². The molecule has 2 aliphatic rings. The first kappa shape index (κ1) is 18.9. The second-order valence-electron chi connectivity index (χ2n) is 8.91. The minimum absolute atomic E-state index is 0.872. The Kier molecular flexibility index (Phi) is 4.21. The van der Waals surface area contributed by atoms with Crippen LogP contribution in [0.3, 0.4) is 0 Å². The number of rotatable bonds is 2. The van der Waals surface area contributed by atoms with Crippen LogP contribution in [-0.2, 0) is 0 Å². The van der Waals surface area contributed by atoms with Crippen molar-refractivity contribution in [3.63, 3.8) is 0 Å². The fraction of sp³-hybridized carbons (Fsp3) is 0.308. The van der Waals surface area contributed by atoms with Gasteiger partial charge >= 0.3 is 0 Å². The molecule has 0 radical (unpaired) electrons. The third kappa shape index (κ3) is 2.82. The molecule has 4 nitrogen and oxygen atoms in total. The third-order valence-electron chi connectivity index (χ3n) is 6.75. The van der Waals surface area contributed by atoms with Gasteiger partial charge in [0, 0.05) is 25.5 Å². The Labute approximate surface area is 179 Å². The van der Waals surface area contributed by atoms with E-state index in [0.717, 1.165) is 13.3 Å². The summed E-state index contributed by atoms with van der Waals surface area (Å²) in [7, 11) is 4.35. The Balaban J connectivity index is 1.55. The largest absolute Gasteiger partial charge is 0.355 e. The van der Waals surface area contributed by atoms with Crippen LogP contribution < -0.4 is 19.6 Å². The highest BCUT2D eigenvalue weighted by Crippen LogP contribution is 2.45. The molecule has 3 aromatic carbocycles. The molecule has 0 aliphatic carbocycles. The lowest BCUT2D eigenvalue weighted by Crippen LogP contribution is -2.25. The minimum atomic E-state index is 0.872. The monoisotopic (exact) mass is 398 g/mol. The van der Waals surface area contributed by atoms with Crippen molar-refractivity contribution >= 4 is 34.1 Å². The summed E-state index contributed by atoms with van der Waals surface area (Å²) < 4.78 is 0. The Morgan fingerprint density at radius 3 is 1.30 bits per heavy atom. The molecule has 0 spiro atoms. The first-order valence-electron chi connectivity index (χ1n) is 10.6. The minimum Gasteiger partial charge on any atom is -0.355 e. The number of aryl methyl sites for hydroxylation is 4. The van der Waals surface area contributed by atoms with Crippen molar-refractivity contribution < 1.29 is 0 Å². The molecule has 5 rings (SSSR count). The van der Waals surface area contributed by atoms with Crippen molar-refractivity contribution in [2.45, 2.75) is 27.7 Å². The van der Waals surface area contributed by atoms with Crippen molar-refractivity contribution in [2.75, 3.05) is 47.0 Å². The van der Waals surface area contributed by atoms with Gasteiger partial charge in [-0.25, -0.2) is 0 Å². The average Bonchev–Trinajstić information content (AvgIpc) is 3.20. The van der Waals surface area contributed by atoms with Crippen molar-refractivity contribution in [2.24, 2.45) is 0 Å². The van der Waals surface area contributed by atoms with Crippen LogP contribution in [0.4, 0.5) is 34.1 Å². The Bertz CT molecular complexity index is 1060. The van der Waals surface area contributed by atoms with Crippen LogP contribution in [0.5, 0.6) is 0 Å². The molecular weight excluding hydrogens is 368 g/mol. The Morgan fingerprint density at radius 2 is 0.900 bits per heavy atom. The number of hydrogen-bond acceptors (Lipinski definition) is 4. The quantitative estimate of drug-likeness (QED) is 0.524. The average molecular weight is 399 g/mol. The molecule has 3 aromatic rings. The number of anilines is 6. The summed E-state index contributed by atoms with van der Waals surface area (Å²) in [6, 6.07) is 18.2. The summed E-state index contributed by atoms with van der Waals surface area (Å²) in [6.45, 7) is 10.5. The summed E-state index contributed by atoms with van der Waals surface area (Å²) in [5, 5.41) is 0. The zero-order valence-electron chi connectivity index (χ0n) is 18.8. The molecule has 2 aliphatic heterocycles. The van der Waals surface area contributed by atoms with E-state index < -0.39 is 0 Å². The van der Waals surface area contributed by atoms with E-state index in [0.29, 0.717) is 0 Å². The maximum atomic E-state index is 2.42. The number of hydrogen-bond donors (Lipinski definition) is 0. The molecule has 0 amide bonds. The lowest BCUT2D eigenvalue weighted by molar-refractivity contribution is 0.939. The Hall–Kier alpha value is -3.14. The van der Waals surface area contributed by atoms with E-state index in [4.69, 9.17) is 0 Å². The van der Waals surface area contributed by atoms with Gasteiger partial charge in [0.25, 0.3) is 0 Å². The van der Waals surface area contributed by atoms with Crippen molar-refractivity contribution in [1.29, 1.82) is 0 Å². The van der Waals surface area contributed by atoms with Crippen LogP contribution in [0.15, 0.2) is 48.5 Å². The molecule has 0 aromatic heterocycles. The van der Waals surface area contributed by atoms with Gasteiger partial charge in [-0.2, -0.15) is 0 Å². The smallest absolute Gasteiger partial charge is 0.0950 e. The van der Waals surface area contributed by atoms with Crippen LogP contribution >= 0.6 is 0 Å². The van der Waals surface area contributed by atoms with E-state index in [1.54, 1.807) is 0 Å². The van der Waals surface area contributed by atoms with Crippen molar-refractivity contribution in [1.82, 2.24) is 0 Å². The standard InChI is InChI=1S/C26H30N4/c1-17-10-23-25(12-19(17)3)29(15-27(23)5)21-8-7-9-22(14-21)30-16-28(6)24-11-18(2)20(4)13-26(24)30/h7-14H,15-16H2,1-6H3. The summed E-state index contributed by atoms with van der Waals surface area (Å²) in [6.07, 6.45) is 0. The zero-order chi connectivity index (χ0) is 21.2. The maximum Gasteiger partial charge on any atom is 0.0950 e. The molecule has 154 valence electrons. The maximum absolute atomic E-state index is 2.42. The molecule has 30 heavy (non-hydrogen) atoms. The topological polar surface area (TPSA) is 13.0 Å². The number of fused-ring (bicyclic) bond motifs is 2. The van der Waals surface area contributed by atoms with Crippen LogP contribution in [0, 0.1) is 27.7 Å². The molecule has 0 fully saturated rings. The van der Waals surface area contributed by atoms with E-state index in [1.165, 1.54) is 56.4 Å². The van der Waals surface area contributed by atoms with Gasteiger partial charge in [0.1, 0.15) is 0 Å². The summed E-state index contributed by atoms with van der Waals surface area (Å²) in [4.78, 5) is 9.51. The van der Waals surface area contributed by atoms with Gasteiger partial charge in [-0.1, -0.05) is 6.07 Å². The predicted molar refractivity (Wildman–Crippen MR) is 129 cm³/mol. The molecular formula is C26H30N4. The third-order valence-corrected chi connectivity index (χ3v) is 6.75. The highest BCUT2D eigenvalue weighted by atomic mass is 15.4. The van der Waals surface area contributed by atoms with Crippen LogP contribution in [-0.4, -0.2) is 27.4 Å². The Morgan fingerprint density at radius 1 is 0.533 bits per heavy atom. The molecule has 4 heteroatoms. The SMILES string of the molecule is Cc1cc2c(cc1C)N(c1cccc(N3CN(C)c4cc(C)c(C)cc43)c1)CN2C. The van der Waals surface area contributed by atoms with Crippen LogP contribution in [0.25, 0.3) is 0 Å². The number of benzene rings is 3. The van der Waals surface area contributed by atoms with Crippen molar-refractivity contribution in [3.05, 3.63) is 70.8 Å². The van der Waals surface area contributed by atoms with Crippen LogP contribution in [0.2, 0.25) is 0 Å². The van der Waals surface area contributed by atoms with Gasteiger partial charge in [-0.15, -0.1) is 0 Å². The fourth-order valence-corrected chi connectivity index (χ4v) is 4.61. The first-order chi connectivity index (χ1) is 14.3. The first-order valence-corrected chi connectivity index (χ1v) is 10.6. The normalized spacial score (nSPS) is 15.1. The summed E-state index contributed by atoms with van der Waals surface area (Å²) >= 11 is 0. The van der Waals surface area contributed by atoms with Gasteiger partial charge in [0.15, 0.2) is 0 Å². The predicted octanol–water partition coefficient (Wildman–Crippen LogP) is 6.01. The van der Waals surface area contributed by atoms with Crippen LogP contribution in [0.1, 0.15) is 22.3 Å². The van der Waals surface area contributed by atoms with Gasteiger partial charge in [0.05, 0.1) is 36.1 Å². The van der Waals surface area contributed by atoms with Gasteiger partial charge in [-0.05, 0) is 92.4 Å². The van der Waals surface area contributed by atoms with E-state index in [-0.39, 0.29) is 0 Å². The molecule has 0 N–H and O–H groups in total. The van der Waals surface area contributed by atoms with E-state index in [1.807, 2.05) is 0 Å². The van der Waals surface area contributed by atoms with Crippen molar-refractivity contribution in [3.8, 4) is 0 Å². The second kappa shape index (κ2) is 6.69. The molecule has 0 saturated carbocycles. The van der Waals surface area contributed by atoms with E-state index >= 15 is 0 Å². The van der Waals surface area contributed by atoms with Gasteiger partial charge in [0.2, 0.25) is 0 Å². The summed E-state index contributed by atoms with van der Waals surface area (Å²) in [5.41, 5.74) is 13.0. The second-order valence-corrected chi connectivity index (χ2v) is 8.91. The molecule has 0 unspecified atom stereocenters. The highest BCUT2D eigenvalue weighted by Gasteiger charge is 2.28. The zero-order valence-corrected chi connectivity index (χ0v) is 18.8. The molecule has 2 heterocycles. The molecule has 0 bridgehead atoms. The van der Waals surface area contributed by atoms with E-state index in [9.17, 15) is 0 Å². The molecule has 0 atom stereocenters. The lowest BCUT2D eigenvalue weighted by Gasteiger charge is -2.24. The van der Waals surface area contributed by atoms with E-state index in [2.05, 4.69) is 110 Å². The van der Waals surface area contributed by atoms with Gasteiger partial charge in [-0.3, -0.25) is 0 Å². The fourth-order valence-electron chi connectivity index (χ4n) is 4.61. The summed E-state index contributed by atoms with van der Waals surface area (Å²) in [5.74, 6) is 0. The molecule has 0 saturated heterocycles. The lowest BCUT2D eigenvalue weighted by atomic mass is 10.1.